The van der Waals surface area contributed by atoms with Crippen LogP contribution in [0.5, 0.6) is 0 Å². The molecule has 1 atom stereocenters. The molecule has 3 rings (SSSR count). The summed E-state index contributed by atoms with van der Waals surface area (Å²) in [4.78, 5) is 29.9. The number of ether oxygens (including phenoxy) is 1. The first kappa shape index (κ1) is 18.5. The van der Waals surface area contributed by atoms with Crippen LogP contribution in [0.15, 0.2) is 29.6 Å². The fourth-order valence-electron chi connectivity index (χ4n) is 3.01. The molecule has 0 saturated carbocycles. The summed E-state index contributed by atoms with van der Waals surface area (Å²) in [5.74, 6) is -1.16. The summed E-state index contributed by atoms with van der Waals surface area (Å²) in [6.07, 6.45) is 1.75. The zero-order valence-electron chi connectivity index (χ0n) is 14.7. The van der Waals surface area contributed by atoms with E-state index in [1.807, 2.05) is 31.2 Å². The van der Waals surface area contributed by atoms with Crippen LogP contribution in [0.2, 0.25) is 0 Å². The normalized spacial score (nSPS) is 16.6. The van der Waals surface area contributed by atoms with Crippen molar-refractivity contribution in [1.29, 1.82) is 0 Å². The van der Waals surface area contributed by atoms with Gasteiger partial charge in [-0.15, -0.1) is 11.3 Å². The highest BCUT2D eigenvalue weighted by molar-refractivity contribution is 7.13. The number of aromatic nitrogens is 1. The minimum atomic E-state index is -0.922. The van der Waals surface area contributed by atoms with Gasteiger partial charge < -0.3 is 14.7 Å². The highest BCUT2D eigenvalue weighted by Crippen LogP contribution is 2.27. The Morgan fingerprint density at radius 1 is 1.38 bits per heavy atom. The molecule has 1 amide bonds. The van der Waals surface area contributed by atoms with Gasteiger partial charge in [0.1, 0.15) is 10.7 Å². The third-order valence-electron chi connectivity index (χ3n) is 4.43. The number of thiazole rings is 1. The molecule has 1 aliphatic heterocycles. The van der Waals surface area contributed by atoms with E-state index >= 15 is 0 Å². The predicted molar refractivity (Wildman–Crippen MR) is 99.4 cm³/mol. The van der Waals surface area contributed by atoms with Crippen molar-refractivity contribution in [2.75, 3.05) is 19.7 Å². The highest BCUT2D eigenvalue weighted by atomic mass is 32.1. The van der Waals surface area contributed by atoms with Crippen molar-refractivity contribution in [1.82, 2.24) is 9.88 Å². The Bertz CT molecular complexity index is 783. The second-order valence-electron chi connectivity index (χ2n) is 6.38. The number of carboxylic acids is 1. The number of carboxylic acid groups (broad SMARTS) is 1. The van der Waals surface area contributed by atoms with Crippen molar-refractivity contribution in [2.45, 2.75) is 32.3 Å². The molecule has 1 aromatic heterocycles. The number of carbonyl (C=O) groups excluding carboxylic acids is 1. The number of aliphatic carboxylic acids is 1. The number of carbonyl (C=O) groups is 2. The molecule has 1 N–H and O–H groups in total. The Hall–Kier alpha value is -2.25. The van der Waals surface area contributed by atoms with Gasteiger partial charge in [-0.2, -0.15) is 0 Å². The first-order chi connectivity index (χ1) is 12.5. The maximum absolute atomic E-state index is 12.9. The van der Waals surface area contributed by atoms with Crippen molar-refractivity contribution in [3.05, 3.63) is 40.9 Å². The molecule has 0 bridgehead atoms. The molecule has 26 heavy (non-hydrogen) atoms. The van der Waals surface area contributed by atoms with E-state index in [2.05, 4.69) is 4.98 Å². The molecular weight excluding hydrogens is 352 g/mol. The molecule has 1 fully saturated rings. The summed E-state index contributed by atoms with van der Waals surface area (Å²) in [6, 6.07) is 7.90. The van der Waals surface area contributed by atoms with Crippen LogP contribution in [0.4, 0.5) is 0 Å². The monoisotopic (exact) mass is 374 g/mol. The van der Waals surface area contributed by atoms with Gasteiger partial charge in [-0.3, -0.25) is 9.59 Å². The molecule has 0 spiro atoms. The highest BCUT2D eigenvalue weighted by Gasteiger charge is 2.25. The van der Waals surface area contributed by atoms with E-state index in [9.17, 15) is 9.59 Å². The van der Waals surface area contributed by atoms with Gasteiger partial charge in [0.15, 0.2) is 0 Å². The molecule has 2 aromatic rings. The Balaban J connectivity index is 1.77. The lowest BCUT2D eigenvalue weighted by molar-refractivity contribution is -0.137. The summed E-state index contributed by atoms with van der Waals surface area (Å²) in [7, 11) is 0. The average Bonchev–Trinajstić information content (AvgIpc) is 3.30. The number of aryl methyl sites for hydroxylation is 1. The zero-order valence-corrected chi connectivity index (χ0v) is 15.5. The summed E-state index contributed by atoms with van der Waals surface area (Å²) in [6.45, 7) is 3.27. The minimum Gasteiger partial charge on any atom is -0.481 e. The van der Waals surface area contributed by atoms with Crippen molar-refractivity contribution in [2.24, 2.45) is 0 Å². The number of benzene rings is 1. The van der Waals surface area contributed by atoms with Gasteiger partial charge in [0.2, 0.25) is 0 Å². The van der Waals surface area contributed by atoms with Gasteiger partial charge in [-0.05, 0) is 25.3 Å². The first-order valence-corrected chi connectivity index (χ1v) is 9.57. The fourth-order valence-corrected chi connectivity index (χ4v) is 3.89. The van der Waals surface area contributed by atoms with Crippen LogP contribution in [0.25, 0.3) is 10.6 Å². The number of hydrogen-bond acceptors (Lipinski definition) is 5. The Morgan fingerprint density at radius 2 is 2.19 bits per heavy atom. The van der Waals surface area contributed by atoms with Crippen molar-refractivity contribution in [3.8, 4) is 10.6 Å². The third kappa shape index (κ3) is 4.47. The van der Waals surface area contributed by atoms with Gasteiger partial charge in [0.25, 0.3) is 5.91 Å². The second-order valence-corrected chi connectivity index (χ2v) is 7.24. The van der Waals surface area contributed by atoms with Crippen LogP contribution < -0.4 is 0 Å². The average molecular weight is 374 g/mol. The Labute approximate surface area is 156 Å². The van der Waals surface area contributed by atoms with Gasteiger partial charge in [-0.25, -0.2) is 4.98 Å². The molecule has 7 heteroatoms. The maximum Gasteiger partial charge on any atom is 0.305 e. The SMILES string of the molecule is Cc1ccccc1-c1nc(C(=O)N(CCC(=O)O)C[C@H]2CCCO2)cs1. The number of hydrogen-bond donors (Lipinski definition) is 1. The van der Waals surface area contributed by atoms with Crippen molar-refractivity contribution < 1.29 is 19.4 Å². The quantitative estimate of drug-likeness (QED) is 0.805. The number of rotatable bonds is 7. The smallest absolute Gasteiger partial charge is 0.305 e. The fraction of sp³-hybridized carbons (Fsp3) is 0.421. The van der Waals surface area contributed by atoms with E-state index in [0.29, 0.717) is 18.8 Å². The van der Waals surface area contributed by atoms with Gasteiger partial charge in [-0.1, -0.05) is 24.3 Å². The molecule has 1 saturated heterocycles. The molecular formula is C19H22N2O4S. The lowest BCUT2D eigenvalue weighted by Crippen LogP contribution is -2.39. The Morgan fingerprint density at radius 3 is 2.88 bits per heavy atom. The van der Waals surface area contributed by atoms with Gasteiger partial charge in [0, 0.05) is 30.6 Å². The lowest BCUT2D eigenvalue weighted by Gasteiger charge is -2.24. The molecule has 0 radical (unpaired) electrons. The standard InChI is InChI=1S/C19H22N2O4S/c1-13-5-2-3-7-15(13)18-20-16(12-26-18)19(24)21(9-8-17(22)23)11-14-6-4-10-25-14/h2-3,5,7,12,14H,4,6,8-11H2,1H3,(H,22,23)/t14-/m1/s1. The van der Waals surface area contributed by atoms with Crippen LogP contribution in [0.3, 0.4) is 0 Å². The van der Waals surface area contributed by atoms with Crippen LogP contribution >= 0.6 is 11.3 Å². The summed E-state index contributed by atoms with van der Waals surface area (Å²) in [5.41, 5.74) is 2.47. The van der Waals surface area contributed by atoms with E-state index in [0.717, 1.165) is 29.0 Å². The van der Waals surface area contributed by atoms with Crippen molar-refractivity contribution in [3.63, 3.8) is 0 Å². The topological polar surface area (TPSA) is 79.7 Å². The molecule has 138 valence electrons. The third-order valence-corrected chi connectivity index (χ3v) is 5.31. The lowest BCUT2D eigenvalue weighted by atomic mass is 10.1. The van der Waals surface area contributed by atoms with Crippen LogP contribution in [0, 0.1) is 6.92 Å². The second kappa shape index (κ2) is 8.42. The molecule has 0 aliphatic carbocycles. The summed E-state index contributed by atoms with van der Waals surface area (Å²) < 4.78 is 5.61. The zero-order chi connectivity index (χ0) is 18.5. The first-order valence-electron chi connectivity index (χ1n) is 8.69. The largest absolute Gasteiger partial charge is 0.481 e. The maximum atomic E-state index is 12.9. The van der Waals surface area contributed by atoms with E-state index < -0.39 is 5.97 Å². The van der Waals surface area contributed by atoms with Crippen molar-refractivity contribution >= 4 is 23.2 Å². The molecule has 0 unspecified atom stereocenters. The van der Waals surface area contributed by atoms with E-state index in [4.69, 9.17) is 9.84 Å². The molecule has 6 nitrogen and oxygen atoms in total. The van der Waals surface area contributed by atoms with Crippen LogP contribution in [-0.2, 0) is 9.53 Å². The number of amides is 1. The minimum absolute atomic E-state index is 0.0257. The van der Waals surface area contributed by atoms with E-state index in [-0.39, 0.29) is 25.0 Å². The molecule has 1 aromatic carbocycles. The van der Waals surface area contributed by atoms with E-state index in [1.54, 1.807) is 10.3 Å². The van der Waals surface area contributed by atoms with E-state index in [1.165, 1.54) is 11.3 Å². The molecule has 2 heterocycles. The number of nitrogens with zero attached hydrogens (tertiary/aromatic N) is 2. The van der Waals surface area contributed by atoms with Crippen LogP contribution in [0.1, 0.15) is 35.3 Å². The van der Waals surface area contributed by atoms with Gasteiger partial charge >= 0.3 is 5.97 Å². The predicted octanol–water partition coefficient (Wildman–Crippen LogP) is 3.21. The summed E-state index contributed by atoms with van der Waals surface area (Å²) in [5, 5.41) is 11.5. The summed E-state index contributed by atoms with van der Waals surface area (Å²) >= 11 is 1.42. The Kier molecular flexibility index (Phi) is 6.00. The van der Waals surface area contributed by atoms with Gasteiger partial charge in [0.05, 0.1) is 12.5 Å². The van der Waals surface area contributed by atoms with Crippen LogP contribution in [-0.4, -0.2) is 52.7 Å². The molecule has 1 aliphatic rings.